The molecule has 0 saturated carbocycles. The summed E-state index contributed by atoms with van der Waals surface area (Å²) in [4.78, 5) is 21.3. The molecular formula is C20H34N6O. The molecule has 3 aliphatic heterocycles. The van der Waals surface area contributed by atoms with Crippen LogP contribution in [0.4, 0.5) is 11.9 Å². The summed E-state index contributed by atoms with van der Waals surface area (Å²) in [5.74, 6) is 1.57. The Labute approximate surface area is 163 Å². The molecule has 7 nitrogen and oxygen atoms in total. The molecule has 4 rings (SSSR count). The van der Waals surface area contributed by atoms with E-state index in [4.69, 9.17) is 9.72 Å². The van der Waals surface area contributed by atoms with E-state index in [9.17, 15) is 0 Å². The molecule has 1 unspecified atom stereocenters. The third-order valence-corrected chi connectivity index (χ3v) is 6.48. The minimum Gasteiger partial charge on any atom is -0.467 e. The molecule has 1 atom stereocenters. The van der Waals surface area contributed by atoms with E-state index < -0.39 is 0 Å². The molecular weight excluding hydrogens is 340 g/mol. The van der Waals surface area contributed by atoms with Crippen LogP contribution in [0.15, 0.2) is 0 Å². The van der Waals surface area contributed by atoms with Crippen molar-refractivity contribution in [2.75, 3.05) is 49.6 Å². The minimum absolute atomic E-state index is 0.439. The average molecular weight is 375 g/mol. The Hall–Kier alpha value is -1.63. The molecule has 0 aliphatic carbocycles. The Morgan fingerprint density at radius 2 is 1.37 bits per heavy atom. The van der Waals surface area contributed by atoms with Crippen molar-refractivity contribution in [2.24, 2.45) is 0 Å². The van der Waals surface area contributed by atoms with Crippen LogP contribution in [-0.4, -0.2) is 71.8 Å². The van der Waals surface area contributed by atoms with Crippen molar-refractivity contribution in [3.05, 3.63) is 0 Å². The summed E-state index contributed by atoms with van der Waals surface area (Å²) in [5.41, 5.74) is 0. The van der Waals surface area contributed by atoms with Crippen molar-refractivity contribution in [3.63, 3.8) is 0 Å². The van der Waals surface area contributed by atoms with E-state index >= 15 is 0 Å². The highest BCUT2D eigenvalue weighted by Crippen LogP contribution is 2.28. The highest BCUT2D eigenvalue weighted by atomic mass is 16.5. The van der Waals surface area contributed by atoms with Gasteiger partial charge in [0, 0.05) is 38.3 Å². The minimum atomic E-state index is 0.439. The van der Waals surface area contributed by atoms with Crippen LogP contribution in [0.2, 0.25) is 0 Å². The van der Waals surface area contributed by atoms with Crippen LogP contribution < -0.4 is 14.5 Å². The Morgan fingerprint density at radius 3 is 1.93 bits per heavy atom. The smallest absolute Gasteiger partial charge is 0.322 e. The molecule has 0 radical (unpaired) electrons. The van der Waals surface area contributed by atoms with Crippen LogP contribution in [0.1, 0.15) is 58.3 Å². The lowest BCUT2D eigenvalue weighted by molar-refractivity contribution is 0.162. The summed E-state index contributed by atoms with van der Waals surface area (Å²) in [6.07, 6.45) is 10.1. The molecule has 0 amide bonds. The molecule has 1 aromatic rings. The Morgan fingerprint density at radius 1 is 0.741 bits per heavy atom. The van der Waals surface area contributed by atoms with Gasteiger partial charge in [-0.05, 0) is 52.0 Å². The third kappa shape index (κ3) is 4.28. The van der Waals surface area contributed by atoms with Crippen molar-refractivity contribution >= 4 is 11.9 Å². The van der Waals surface area contributed by atoms with Crippen LogP contribution in [0, 0.1) is 0 Å². The molecule has 150 valence electrons. The summed E-state index contributed by atoms with van der Waals surface area (Å²) < 4.78 is 5.40. The van der Waals surface area contributed by atoms with Crippen LogP contribution >= 0.6 is 0 Å². The molecule has 0 spiro atoms. The highest BCUT2D eigenvalue weighted by molar-refractivity contribution is 5.41. The summed E-state index contributed by atoms with van der Waals surface area (Å²) in [5, 5.41) is 0. The zero-order valence-electron chi connectivity index (χ0n) is 16.9. The van der Waals surface area contributed by atoms with E-state index in [-0.39, 0.29) is 0 Å². The zero-order valence-corrected chi connectivity index (χ0v) is 16.9. The van der Waals surface area contributed by atoms with Crippen LogP contribution in [-0.2, 0) is 0 Å². The van der Waals surface area contributed by atoms with E-state index in [1.54, 1.807) is 7.11 Å². The molecule has 3 fully saturated rings. The van der Waals surface area contributed by atoms with E-state index in [0.29, 0.717) is 12.1 Å². The standard InChI is InChI=1S/C20H34N6O/c1-16-8-7-13-26(16)17-9-14-25(15-10-17)19-21-18(22-20(23-19)27-2)24-11-5-3-4-6-12-24/h16-17H,3-15H2,1-2H3. The highest BCUT2D eigenvalue weighted by Gasteiger charge is 2.31. The van der Waals surface area contributed by atoms with Crippen molar-refractivity contribution in [2.45, 2.75) is 70.4 Å². The predicted octanol–water partition coefficient (Wildman–Crippen LogP) is 2.71. The topological polar surface area (TPSA) is 57.6 Å². The maximum absolute atomic E-state index is 5.40. The summed E-state index contributed by atoms with van der Waals surface area (Å²) in [6.45, 7) is 7.73. The lowest BCUT2D eigenvalue weighted by Crippen LogP contribution is -2.46. The second kappa shape index (κ2) is 8.59. The van der Waals surface area contributed by atoms with Crippen molar-refractivity contribution in [1.82, 2.24) is 19.9 Å². The first-order chi connectivity index (χ1) is 13.2. The van der Waals surface area contributed by atoms with Gasteiger partial charge in [-0.3, -0.25) is 4.90 Å². The van der Waals surface area contributed by atoms with Gasteiger partial charge in [0.25, 0.3) is 0 Å². The SMILES string of the molecule is COc1nc(N2CCCCCC2)nc(N2CCC(N3CCCC3C)CC2)n1. The normalized spacial score (nSPS) is 25.6. The first kappa shape index (κ1) is 18.7. The molecule has 4 heterocycles. The summed E-state index contributed by atoms with van der Waals surface area (Å²) in [7, 11) is 1.65. The first-order valence-corrected chi connectivity index (χ1v) is 10.8. The van der Waals surface area contributed by atoms with Gasteiger partial charge >= 0.3 is 6.01 Å². The van der Waals surface area contributed by atoms with Gasteiger partial charge in [-0.15, -0.1) is 0 Å². The number of anilines is 2. The molecule has 0 bridgehead atoms. The van der Waals surface area contributed by atoms with E-state index in [1.165, 1.54) is 57.9 Å². The summed E-state index contributed by atoms with van der Waals surface area (Å²) >= 11 is 0. The number of rotatable bonds is 4. The molecule has 27 heavy (non-hydrogen) atoms. The van der Waals surface area contributed by atoms with Gasteiger partial charge in [0.15, 0.2) is 0 Å². The Kier molecular flexibility index (Phi) is 5.95. The van der Waals surface area contributed by atoms with Gasteiger partial charge in [0.05, 0.1) is 7.11 Å². The van der Waals surface area contributed by atoms with Gasteiger partial charge in [0.1, 0.15) is 0 Å². The van der Waals surface area contributed by atoms with E-state index in [0.717, 1.165) is 44.1 Å². The molecule has 7 heteroatoms. The first-order valence-electron chi connectivity index (χ1n) is 10.8. The lowest BCUT2D eigenvalue weighted by Gasteiger charge is -2.38. The fourth-order valence-corrected chi connectivity index (χ4v) is 4.88. The molecule has 1 aromatic heterocycles. The van der Waals surface area contributed by atoms with Gasteiger partial charge in [-0.2, -0.15) is 15.0 Å². The lowest BCUT2D eigenvalue weighted by atomic mass is 10.0. The van der Waals surface area contributed by atoms with Gasteiger partial charge in [0.2, 0.25) is 11.9 Å². The number of aromatic nitrogens is 3. The molecule has 0 N–H and O–H groups in total. The number of piperidine rings is 1. The third-order valence-electron chi connectivity index (χ3n) is 6.48. The molecule has 3 aliphatic rings. The average Bonchev–Trinajstić information content (AvgIpc) is 2.96. The predicted molar refractivity (Wildman–Crippen MR) is 108 cm³/mol. The Balaban J connectivity index is 1.46. The molecule has 0 aromatic carbocycles. The monoisotopic (exact) mass is 374 g/mol. The van der Waals surface area contributed by atoms with Gasteiger partial charge in [-0.1, -0.05) is 12.8 Å². The van der Waals surface area contributed by atoms with Crippen LogP contribution in [0.25, 0.3) is 0 Å². The summed E-state index contributed by atoms with van der Waals surface area (Å²) in [6, 6.07) is 1.90. The van der Waals surface area contributed by atoms with Gasteiger partial charge in [-0.25, -0.2) is 0 Å². The number of ether oxygens (including phenoxy) is 1. The van der Waals surface area contributed by atoms with E-state index in [1.807, 2.05) is 0 Å². The fourth-order valence-electron chi connectivity index (χ4n) is 4.88. The number of hydrogen-bond acceptors (Lipinski definition) is 7. The second-order valence-electron chi connectivity index (χ2n) is 8.27. The maximum Gasteiger partial charge on any atom is 0.322 e. The molecule has 3 saturated heterocycles. The Bertz CT molecular complexity index is 610. The van der Waals surface area contributed by atoms with Crippen molar-refractivity contribution in [3.8, 4) is 6.01 Å². The van der Waals surface area contributed by atoms with Gasteiger partial charge < -0.3 is 14.5 Å². The quantitative estimate of drug-likeness (QED) is 0.803. The number of hydrogen-bond donors (Lipinski definition) is 0. The number of methoxy groups -OCH3 is 1. The van der Waals surface area contributed by atoms with Crippen LogP contribution in [0.3, 0.4) is 0 Å². The van der Waals surface area contributed by atoms with Crippen molar-refractivity contribution < 1.29 is 4.74 Å². The fraction of sp³-hybridized carbons (Fsp3) is 0.850. The van der Waals surface area contributed by atoms with Crippen molar-refractivity contribution in [1.29, 1.82) is 0 Å². The van der Waals surface area contributed by atoms with Crippen LogP contribution in [0.5, 0.6) is 6.01 Å². The maximum atomic E-state index is 5.40. The zero-order chi connectivity index (χ0) is 18.6. The largest absolute Gasteiger partial charge is 0.467 e. The second-order valence-corrected chi connectivity index (χ2v) is 8.27. The van der Waals surface area contributed by atoms with E-state index in [2.05, 4.69) is 31.6 Å². The number of likely N-dealkylation sites (tertiary alicyclic amines) is 1. The number of nitrogens with zero attached hydrogens (tertiary/aromatic N) is 6.